The van der Waals surface area contributed by atoms with E-state index in [1.165, 1.54) is 0 Å². The molecule has 0 aliphatic heterocycles. The quantitative estimate of drug-likeness (QED) is 0.341. The second kappa shape index (κ2) is 255. The van der Waals surface area contributed by atoms with Gasteiger partial charge in [-0.1, -0.05) is 0 Å². The molecule has 4 heavy (non-hydrogen) atoms. The molecule has 0 unspecified atom stereocenters. The molecule has 0 spiro atoms. The van der Waals surface area contributed by atoms with Crippen LogP contribution < -0.4 is 12.0 Å². The standard InChI is InChI=1S/FH.H3NO.H3N/c;1-2;/h1H;2H,1H2;1H3. The van der Waals surface area contributed by atoms with Gasteiger partial charge in [-0.05, 0) is 0 Å². The molecule has 0 bridgehead atoms. The van der Waals surface area contributed by atoms with Crippen LogP contribution in [0.1, 0.15) is 0 Å². The monoisotopic (exact) mass is 70.1 g/mol. The van der Waals surface area contributed by atoms with Crippen molar-refractivity contribution in [3.05, 3.63) is 0 Å². The Hall–Kier alpha value is -0.190. The molecule has 0 radical (unpaired) electrons. The third-order valence-electron chi connectivity index (χ3n) is 0. The van der Waals surface area contributed by atoms with Crippen LogP contribution in [0.4, 0.5) is 4.70 Å². The fourth-order valence-corrected chi connectivity index (χ4v) is 0. The zero-order valence-corrected chi connectivity index (χ0v) is 2.14. The van der Waals surface area contributed by atoms with Crippen molar-refractivity contribution in [3.63, 3.8) is 0 Å². The summed E-state index contributed by atoms with van der Waals surface area (Å²) in [5.74, 6) is 3.50. The summed E-state index contributed by atoms with van der Waals surface area (Å²) in [4.78, 5) is 0. The first-order chi connectivity index (χ1) is 1.00. The number of halogens is 1. The summed E-state index contributed by atoms with van der Waals surface area (Å²) in [6.07, 6.45) is 0. The van der Waals surface area contributed by atoms with E-state index in [2.05, 4.69) is 5.90 Å². The highest BCUT2D eigenvalue weighted by Gasteiger charge is 0.732. The number of nitrogens with two attached hydrogens (primary N) is 1. The van der Waals surface area contributed by atoms with Crippen LogP contribution in [0, 0.1) is 0 Å². The highest BCUT2D eigenvalue weighted by atomic mass is 19.0. The molecule has 0 saturated heterocycles. The number of rotatable bonds is 0. The van der Waals surface area contributed by atoms with Crippen LogP contribution >= 0.6 is 0 Å². The Labute approximate surface area is 23.3 Å². The summed E-state index contributed by atoms with van der Waals surface area (Å²) < 4.78 is 0. The number of hydrogen-bond donors (Lipinski definition) is 3. The van der Waals surface area contributed by atoms with Crippen LogP contribution in [0.3, 0.4) is 0 Å². The SMILES string of the molecule is F.N.NO. The molecule has 0 aromatic rings. The summed E-state index contributed by atoms with van der Waals surface area (Å²) in [6, 6.07) is 0. The molecule has 0 saturated carbocycles. The van der Waals surface area contributed by atoms with Crippen molar-refractivity contribution in [1.82, 2.24) is 6.15 Å². The molecule has 3 nitrogen and oxygen atoms in total. The van der Waals surface area contributed by atoms with Gasteiger partial charge in [-0.2, -0.15) is 0 Å². The molecular formula is H7FN2O. The molecule has 4 heteroatoms. The van der Waals surface area contributed by atoms with Crippen molar-refractivity contribution in [2.24, 2.45) is 5.90 Å². The lowest BCUT2D eigenvalue weighted by atomic mass is 13.6. The Bertz CT molecular complexity index is 6.00. The Morgan fingerprint density at radius 1 is 1.25 bits per heavy atom. The average molecular weight is 70.1 g/mol. The highest BCUT2D eigenvalue weighted by molar-refractivity contribution is 2.77. The van der Waals surface area contributed by atoms with E-state index in [-0.39, 0.29) is 10.9 Å². The van der Waals surface area contributed by atoms with Crippen LogP contribution in [0.25, 0.3) is 0 Å². The molecule has 0 fully saturated rings. The van der Waals surface area contributed by atoms with Gasteiger partial charge in [-0.25, -0.2) is 5.90 Å². The molecule has 0 aromatic carbocycles. The predicted octanol–water partition coefficient (Wildman–Crippen LogP) is -0.351. The first-order valence-corrected chi connectivity index (χ1v) is 0.258. The van der Waals surface area contributed by atoms with Crippen molar-refractivity contribution in [2.75, 3.05) is 0 Å². The summed E-state index contributed by atoms with van der Waals surface area (Å²) in [7, 11) is 0. The summed E-state index contributed by atoms with van der Waals surface area (Å²) in [5, 5.41) is 6.50. The van der Waals surface area contributed by atoms with Gasteiger partial charge in [-0.15, -0.1) is 0 Å². The third kappa shape index (κ3) is 32.9. The van der Waals surface area contributed by atoms with E-state index in [4.69, 9.17) is 5.21 Å². The van der Waals surface area contributed by atoms with E-state index < -0.39 is 0 Å². The van der Waals surface area contributed by atoms with E-state index in [0.717, 1.165) is 0 Å². The van der Waals surface area contributed by atoms with Crippen LogP contribution in [-0.4, -0.2) is 5.21 Å². The zero-order valence-electron chi connectivity index (χ0n) is 2.14. The topological polar surface area (TPSA) is 81.2 Å². The van der Waals surface area contributed by atoms with Gasteiger partial charge < -0.3 is 11.4 Å². The summed E-state index contributed by atoms with van der Waals surface area (Å²) >= 11 is 0. The first kappa shape index (κ1) is 45.9. The Balaban J connectivity index is -0.00000000500. The Kier molecular flexibility index (Phi) is 2920. The normalized spacial score (nSPS) is 1.50. The smallest absolute Gasteiger partial charge is 0.219 e. The maximum absolute atomic E-state index is 6.50. The average Bonchev–Trinajstić information content (AvgIpc) is 1.00. The Morgan fingerprint density at radius 2 is 1.25 bits per heavy atom. The van der Waals surface area contributed by atoms with Crippen LogP contribution in [0.15, 0.2) is 0 Å². The van der Waals surface area contributed by atoms with Gasteiger partial charge in [0.2, 0.25) is 0 Å². The molecule has 0 rings (SSSR count). The highest BCUT2D eigenvalue weighted by Crippen LogP contribution is 0.420. The third-order valence-corrected chi connectivity index (χ3v) is 0. The first-order valence-electron chi connectivity index (χ1n) is 0.258. The van der Waals surface area contributed by atoms with E-state index in [9.17, 15) is 0 Å². The van der Waals surface area contributed by atoms with E-state index in [0.29, 0.717) is 0 Å². The van der Waals surface area contributed by atoms with Crippen LogP contribution in [0.5, 0.6) is 0 Å². The Morgan fingerprint density at radius 3 is 1.25 bits per heavy atom. The molecule has 0 amide bonds. The van der Waals surface area contributed by atoms with Crippen molar-refractivity contribution in [2.45, 2.75) is 0 Å². The van der Waals surface area contributed by atoms with Crippen molar-refractivity contribution >= 4 is 0 Å². The summed E-state index contributed by atoms with van der Waals surface area (Å²) in [6.45, 7) is 0. The molecular weight excluding hydrogens is 63.0 g/mol. The van der Waals surface area contributed by atoms with Gasteiger partial charge in [-0.3, -0.25) is 4.70 Å². The summed E-state index contributed by atoms with van der Waals surface area (Å²) in [5.41, 5.74) is 0. The maximum Gasteiger partial charge on any atom is -0.219 e. The second-order valence-corrected chi connectivity index (χ2v) is 0. The van der Waals surface area contributed by atoms with Gasteiger partial charge in [0.1, 0.15) is 0 Å². The van der Waals surface area contributed by atoms with Crippen LogP contribution in [0.2, 0.25) is 0 Å². The lowest BCUT2D eigenvalue weighted by molar-refractivity contribution is 0.311. The predicted molar refractivity (Wildman–Crippen MR) is 13.5 cm³/mol. The second-order valence-electron chi connectivity index (χ2n) is 0. The minimum atomic E-state index is 0. The van der Waals surface area contributed by atoms with Crippen molar-refractivity contribution in [1.29, 1.82) is 0 Å². The minimum absolute atomic E-state index is 0. The molecule has 0 aliphatic rings. The van der Waals surface area contributed by atoms with Gasteiger partial charge in [0.05, 0.1) is 0 Å². The zero-order chi connectivity index (χ0) is 2.00. The van der Waals surface area contributed by atoms with Gasteiger partial charge in [0.15, 0.2) is 0 Å². The van der Waals surface area contributed by atoms with E-state index in [1.54, 1.807) is 0 Å². The van der Waals surface area contributed by atoms with Gasteiger partial charge >= 0.3 is 0 Å². The van der Waals surface area contributed by atoms with Gasteiger partial charge in [0.25, 0.3) is 0 Å². The van der Waals surface area contributed by atoms with Crippen LogP contribution in [-0.2, 0) is 0 Å². The maximum atomic E-state index is 6.50. The molecule has 30 valence electrons. The molecule has 6 N–H and O–H groups in total. The lowest BCUT2D eigenvalue weighted by Crippen LogP contribution is -1.72. The molecule has 0 atom stereocenters. The molecule has 0 heterocycles. The van der Waals surface area contributed by atoms with Gasteiger partial charge in [0, 0.05) is 0 Å². The fraction of sp³-hybridized carbons (Fsp3) is 0. The number of hydrogen-bond acceptors (Lipinski definition) is 3. The largest absolute Gasteiger partial charge is 0.344 e. The van der Waals surface area contributed by atoms with Crippen molar-refractivity contribution < 1.29 is 9.91 Å². The molecule has 0 aromatic heterocycles. The molecule has 0 aliphatic carbocycles. The lowest BCUT2D eigenvalue weighted by Gasteiger charge is -1.27. The fourth-order valence-electron chi connectivity index (χ4n) is 0. The van der Waals surface area contributed by atoms with Crippen molar-refractivity contribution in [3.8, 4) is 0 Å². The van der Waals surface area contributed by atoms with E-state index >= 15 is 0 Å². The minimum Gasteiger partial charge on any atom is -0.344 e. The van der Waals surface area contributed by atoms with E-state index in [1.807, 2.05) is 0 Å².